The van der Waals surface area contributed by atoms with Gasteiger partial charge in [0.15, 0.2) is 10.8 Å². The van der Waals surface area contributed by atoms with Gasteiger partial charge in [0.1, 0.15) is 23.4 Å². The standard InChI is InChI=1S/C13H11ClN4O/c1-8-17-13-11(12(14)15-7-16-13)18(8)9-5-3-4-6-10(9)19-2/h3-7H,1-2H3. The van der Waals surface area contributed by atoms with Gasteiger partial charge in [-0.3, -0.25) is 4.57 Å². The average molecular weight is 275 g/mol. The molecule has 6 heteroatoms. The lowest BCUT2D eigenvalue weighted by Crippen LogP contribution is -2.00. The minimum absolute atomic E-state index is 0.372. The Balaban J connectivity index is 2.39. The summed E-state index contributed by atoms with van der Waals surface area (Å²) in [5, 5.41) is 0.372. The van der Waals surface area contributed by atoms with Crippen molar-refractivity contribution in [1.29, 1.82) is 0 Å². The van der Waals surface area contributed by atoms with E-state index in [0.717, 1.165) is 17.3 Å². The molecule has 0 saturated heterocycles. The molecule has 1 aromatic carbocycles. The first-order chi connectivity index (χ1) is 9.22. The van der Waals surface area contributed by atoms with Crippen molar-refractivity contribution in [3.63, 3.8) is 0 Å². The molecule has 3 aromatic rings. The monoisotopic (exact) mass is 274 g/mol. The molecule has 0 saturated carbocycles. The number of halogens is 1. The molecule has 0 bridgehead atoms. The molecule has 0 unspecified atom stereocenters. The zero-order valence-corrected chi connectivity index (χ0v) is 11.2. The van der Waals surface area contributed by atoms with Gasteiger partial charge >= 0.3 is 0 Å². The summed E-state index contributed by atoms with van der Waals surface area (Å²) in [6, 6.07) is 7.67. The number of aromatic nitrogens is 4. The number of fused-ring (bicyclic) bond motifs is 1. The van der Waals surface area contributed by atoms with Crippen molar-refractivity contribution < 1.29 is 4.74 Å². The van der Waals surface area contributed by atoms with Gasteiger partial charge in [0, 0.05) is 0 Å². The van der Waals surface area contributed by atoms with Crippen LogP contribution >= 0.6 is 11.6 Å². The van der Waals surface area contributed by atoms with Gasteiger partial charge < -0.3 is 4.74 Å². The van der Waals surface area contributed by atoms with Gasteiger partial charge in [-0.15, -0.1) is 0 Å². The van der Waals surface area contributed by atoms with Crippen LogP contribution in [0.4, 0.5) is 0 Å². The fourth-order valence-electron chi connectivity index (χ4n) is 2.10. The highest BCUT2D eigenvalue weighted by atomic mass is 35.5. The Morgan fingerprint density at radius 1 is 1.21 bits per heavy atom. The number of ether oxygens (including phenoxy) is 1. The van der Waals surface area contributed by atoms with E-state index in [1.165, 1.54) is 6.33 Å². The summed E-state index contributed by atoms with van der Waals surface area (Å²) in [6.07, 6.45) is 1.41. The van der Waals surface area contributed by atoms with E-state index >= 15 is 0 Å². The third-order valence-electron chi connectivity index (χ3n) is 2.90. The number of benzene rings is 1. The summed E-state index contributed by atoms with van der Waals surface area (Å²) in [4.78, 5) is 12.5. The quantitative estimate of drug-likeness (QED) is 0.674. The third-order valence-corrected chi connectivity index (χ3v) is 3.18. The average Bonchev–Trinajstić information content (AvgIpc) is 2.76. The molecule has 96 valence electrons. The van der Waals surface area contributed by atoms with Gasteiger partial charge in [-0.1, -0.05) is 23.7 Å². The highest BCUT2D eigenvalue weighted by molar-refractivity contribution is 6.33. The minimum Gasteiger partial charge on any atom is -0.495 e. The van der Waals surface area contributed by atoms with Crippen LogP contribution in [0.15, 0.2) is 30.6 Å². The zero-order chi connectivity index (χ0) is 13.4. The van der Waals surface area contributed by atoms with Crippen LogP contribution in [0, 0.1) is 6.92 Å². The van der Waals surface area contributed by atoms with Crippen molar-refractivity contribution in [2.24, 2.45) is 0 Å². The SMILES string of the molecule is COc1ccccc1-n1c(C)nc2ncnc(Cl)c21. The molecule has 0 N–H and O–H groups in total. The maximum Gasteiger partial charge on any atom is 0.182 e. The van der Waals surface area contributed by atoms with Gasteiger partial charge in [-0.25, -0.2) is 15.0 Å². The smallest absolute Gasteiger partial charge is 0.182 e. The van der Waals surface area contributed by atoms with Gasteiger partial charge in [-0.05, 0) is 19.1 Å². The number of rotatable bonds is 2. The second-order valence-corrected chi connectivity index (χ2v) is 4.36. The van der Waals surface area contributed by atoms with E-state index < -0.39 is 0 Å². The van der Waals surface area contributed by atoms with Gasteiger partial charge in [0.2, 0.25) is 0 Å². The van der Waals surface area contributed by atoms with Crippen molar-refractivity contribution in [1.82, 2.24) is 19.5 Å². The minimum atomic E-state index is 0.372. The summed E-state index contributed by atoms with van der Waals surface area (Å²) in [6.45, 7) is 1.89. The van der Waals surface area contributed by atoms with Gasteiger partial charge in [-0.2, -0.15) is 0 Å². The maximum atomic E-state index is 6.17. The van der Waals surface area contributed by atoms with Crippen LogP contribution in [0.25, 0.3) is 16.9 Å². The first kappa shape index (κ1) is 11.9. The lowest BCUT2D eigenvalue weighted by molar-refractivity contribution is 0.413. The van der Waals surface area contributed by atoms with Crippen molar-refractivity contribution in [3.8, 4) is 11.4 Å². The molecular weight excluding hydrogens is 264 g/mol. The van der Waals surface area contributed by atoms with Gasteiger partial charge in [0.25, 0.3) is 0 Å². The Bertz CT molecular complexity index is 753. The summed E-state index contributed by atoms with van der Waals surface area (Å²) in [7, 11) is 1.63. The number of nitrogens with zero attached hydrogens (tertiary/aromatic N) is 4. The zero-order valence-electron chi connectivity index (χ0n) is 10.5. The second-order valence-electron chi connectivity index (χ2n) is 4.00. The molecular formula is C13H11ClN4O. The molecule has 0 radical (unpaired) electrons. The van der Waals surface area contributed by atoms with Crippen molar-refractivity contribution in [2.45, 2.75) is 6.92 Å². The van der Waals surface area contributed by atoms with E-state index in [1.807, 2.05) is 35.8 Å². The van der Waals surface area contributed by atoms with E-state index in [0.29, 0.717) is 16.3 Å². The highest BCUT2D eigenvalue weighted by Crippen LogP contribution is 2.29. The van der Waals surface area contributed by atoms with Crippen LogP contribution in [-0.2, 0) is 0 Å². The molecule has 19 heavy (non-hydrogen) atoms. The molecule has 0 atom stereocenters. The molecule has 0 amide bonds. The molecule has 2 aromatic heterocycles. The van der Waals surface area contributed by atoms with Crippen molar-refractivity contribution >= 4 is 22.8 Å². The lowest BCUT2D eigenvalue weighted by atomic mass is 10.3. The predicted molar refractivity (Wildman–Crippen MR) is 73.0 cm³/mol. The Morgan fingerprint density at radius 3 is 2.79 bits per heavy atom. The molecule has 0 aliphatic rings. The van der Waals surface area contributed by atoms with E-state index in [2.05, 4.69) is 15.0 Å². The number of imidazole rings is 1. The Hall–Kier alpha value is -2.14. The van der Waals surface area contributed by atoms with Crippen LogP contribution < -0.4 is 4.74 Å². The number of hydrogen-bond donors (Lipinski definition) is 0. The number of hydrogen-bond acceptors (Lipinski definition) is 4. The first-order valence-electron chi connectivity index (χ1n) is 5.71. The van der Waals surface area contributed by atoms with Crippen molar-refractivity contribution in [2.75, 3.05) is 7.11 Å². The number of methoxy groups -OCH3 is 1. The Morgan fingerprint density at radius 2 is 2.00 bits per heavy atom. The summed E-state index contributed by atoms with van der Waals surface area (Å²) in [5.41, 5.74) is 2.12. The largest absolute Gasteiger partial charge is 0.495 e. The van der Waals surface area contributed by atoms with E-state index in [1.54, 1.807) is 7.11 Å². The fourth-order valence-corrected chi connectivity index (χ4v) is 2.31. The number of aryl methyl sites for hydroxylation is 1. The molecule has 2 heterocycles. The Kier molecular flexibility index (Phi) is 2.83. The summed E-state index contributed by atoms with van der Waals surface area (Å²) >= 11 is 6.17. The molecule has 0 aliphatic heterocycles. The second kappa shape index (κ2) is 4.51. The highest BCUT2D eigenvalue weighted by Gasteiger charge is 2.16. The van der Waals surface area contributed by atoms with E-state index in [9.17, 15) is 0 Å². The molecule has 0 fully saturated rings. The normalized spacial score (nSPS) is 10.9. The number of para-hydroxylation sites is 2. The van der Waals surface area contributed by atoms with Crippen LogP contribution in [-0.4, -0.2) is 26.6 Å². The molecule has 0 aliphatic carbocycles. The van der Waals surface area contributed by atoms with Crippen LogP contribution in [0.1, 0.15) is 5.82 Å². The van der Waals surface area contributed by atoms with Crippen LogP contribution in [0.3, 0.4) is 0 Å². The fraction of sp³-hybridized carbons (Fsp3) is 0.154. The maximum absolute atomic E-state index is 6.17. The topological polar surface area (TPSA) is 52.8 Å². The molecule has 3 rings (SSSR count). The molecule has 0 spiro atoms. The van der Waals surface area contributed by atoms with Crippen LogP contribution in [0.2, 0.25) is 5.15 Å². The van der Waals surface area contributed by atoms with Gasteiger partial charge in [0.05, 0.1) is 12.8 Å². The molecule has 5 nitrogen and oxygen atoms in total. The Labute approximate surface area is 114 Å². The summed E-state index contributed by atoms with van der Waals surface area (Å²) < 4.78 is 7.28. The van der Waals surface area contributed by atoms with E-state index in [-0.39, 0.29) is 0 Å². The van der Waals surface area contributed by atoms with Crippen LogP contribution in [0.5, 0.6) is 5.75 Å². The van der Waals surface area contributed by atoms with E-state index in [4.69, 9.17) is 16.3 Å². The summed E-state index contributed by atoms with van der Waals surface area (Å²) in [5.74, 6) is 1.52. The third kappa shape index (κ3) is 1.82. The predicted octanol–water partition coefficient (Wildman–Crippen LogP) is 2.79. The first-order valence-corrected chi connectivity index (χ1v) is 6.09. The lowest BCUT2D eigenvalue weighted by Gasteiger charge is -2.11. The van der Waals surface area contributed by atoms with Crippen molar-refractivity contribution in [3.05, 3.63) is 41.6 Å².